The van der Waals surface area contributed by atoms with Gasteiger partial charge in [-0.3, -0.25) is 9.78 Å². The van der Waals surface area contributed by atoms with Crippen LogP contribution < -0.4 is 5.32 Å². The molecule has 0 radical (unpaired) electrons. The van der Waals surface area contributed by atoms with Crippen molar-refractivity contribution < 1.29 is 13.2 Å². The van der Waals surface area contributed by atoms with Crippen LogP contribution in [-0.2, 0) is 14.8 Å². The SMILES string of the molecule is CCCS(=O)(=O)N1CCCC1C(=O)Nc1cccnc1. The number of anilines is 1. The molecule has 1 N–H and O–H groups in total. The molecular weight excluding hydrogens is 278 g/mol. The Kier molecular flexibility index (Phi) is 4.72. The third-order valence-corrected chi connectivity index (χ3v) is 5.33. The van der Waals surface area contributed by atoms with Crippen LogP contribution in [0.1, 0.15) is 26.2 Å². The van der Waals surface area contributed by atoms with E-state index in [-0.39, 0.29) is 11.7 Å². The molecule has 1 aliphatic rings. The van der Waals surface area contributed by atoms with Gasteiger partial charge in [0.2, 0.25) is 15.9 Å². The zero-order valence-electron chi connectivity index (χ0n) is 11.4. The summed E-state index contributed by atoms with van der Waals surface area (Å²) >= 11 is 0. The van der Waals surface area contributed by atoms with Crippen LogP contribution in [0.5, 0.6) is 0 Å². The van der Waals surface area contributed by atoms with Gasteiger partial charge in [-0.2, -0.15) is 4.31 Å². The summed E-state index contributed by atoms with van der Waals surface area (Å²) in [6.45, 7) is 2.24. The van der Waals surface area contributed by atoms with Crippen molar-refractivity contribution in [2.24, 2.45) is 0 Å². The molecule has 0 spiro atoms. The Morgan fingerprint density at radius 1 is 1.55 bits per heavy atom. The summed E-state index contributed by atoms with van der Waals surface area (Å²) in [6, 6.07) is 2.84. The largest absolute Gasteiger partial charge is 0.323 e. The number of carbonyl (C=O) groups excluding carboxylic acids is 1. The van der Waals surface area contributed by atoms with E-state index in [9.17, 15) is 13.2 Å². The van der Waals surface area contributed by atoms with Crippen molar-refractivity contribution in [3.05, 3.63) is 24.5 Å². The number of nitrogens with zero attached hydrogens (tertiary/aromatic N) is 2. The van der Waals surface area contributed by atoms with E-state index in [1.807, 2.05) is 6.92 Å². The Balaban J connectivity index is 2.09. The van der Waals surface area contributed by atoms with Crippen LogP contribution in [0.4, 0.5) is 5.69 Å². The first-order valence-corrected chi connectivity index (χ1v) is 8.36. The molecule has 1 aliphatic heterocycles. The second kappa shape index (κ2) is 6.32. The summed E-state index contributed by atoms with van der Waals surface area (Å²) in [5.41, 5.74) is 0.581. The highest BCUT2D eigenvalue weighted by molar-refractivity contribution is 7.89. The molecule has 1 aromatic rings. The van der Waals surface area contributed by atoms with Gasteiger partial charge in [0.1, 0.15) is 6.04 Å². The lowest BCUT2D eigenvalue weighted by molar-refractivity contribution is -0.119. The molecule has 0 saturated carbocycles. The monoisotopic (exact) mass is 297 g/mol. The fraction of sp³-hybridized carbons (Fsp3) is 0.538. The predicted molar refractivity (Wildman–Crippen MR) is 76.7 cm³/mol. The molecular formula is C13H19N3O3S. The molecule has 2 heterocycles. The number of pyridine rings is 1. The molecule has 1 saturated heterocycles. The third-order valence-electron chi connectivity index (χ3n) is 3.25. The number of sulfonamides is 1. The zero-order chi connectivity index (χ0) is 14.6. The van der Waals surface area contributed by atoms with E-state index < -0.39 is 16.1 Å². The maximum Gasteiger partial charge on any atom is 0.242 e. The Morgan fingerprint density at radius 2 is 2.35 bits per heavy atom. The first-order valence-electron chi connectivity index (χ1n) is 6.75. The van der Waals surface area contributed by atoms with E-state index in [4.69, 9.17) is 0 Å². The molecule has 0 aliphatic carbocycles. The van der Waals surface area contributed by atoms with Crippen LogP contribution in [-0.4, -0.2) is 42.0 Å². The summed E-state index contributed by atoms with van der Waals surface area (Å²) in [7, 11) is -3.34. The van der Waals surface area contributed by atoms with Gasteiger partial charge < -0.3 is 5.32 Å². The number of amides is 1. The van der Waals surface area contributed by atoms with E-state index in [0.29, 0.717) is 31.5 Å². The van der Waals surface area contributed by atoms with Gasteiger partial charge in [-0.15, -0.1) is 0 Å². The molecule has 20 heavy (non-hydrogen) atoms. The fourth-order valence-corrected chi connectivity index (χ4v) is 4.12. The predicted octanol–water partition coefficient (Wildman–Crippen LogP) is 1.22. The summed E-state index contributed by atoms with van der Waals surface area (Å²) in [6.07, 6.45) is 4.99. The number of nitrogens with one attached hydrogen (secondary N) is 1. The second-order valence-electron chi connectivity index (χ2n) is 4.82. The van der Waals surface area contributed by atoms with Gasteiger partial charge in [0.05, 0.1) is 17.6 Å². The van der Waals surface area contributed by atoms with Crippen LogP contribution in [0.15, 0.2) is 24.5 Å². The molecule has 1 amide bonds. The number of rotatable bonds is 5. The summed E-state index contributed by atoms with van der Waals surface area (Å²) in [5.74, 6) is -0.195. The lowest BCUT2D eigenvalue weighted by Gasteiger charge is -2.23. The highest BCUT2D eigenvalue weighted by Crippen LogP contribution is 2.23. The lowest BCUT2D eigenvalue weighted by Crippen LogP contribution is -2.44. The van der Waals surface area contributed by atoms with Crippen molar-refractivity contribution in [2.45, 2.75) is 32.2 Å². The minimum atomic E-state index is -3.34. The van der Waals surface area contributed by atoms with Crippen LogP contribution >= 0.6 is 0 Å². The van der Waals surface area contributed by atoms with Gasteiger partial charge in [-0.25, -0.2) is 8.42 Å². The van der Waals surface area contributed by atoms with E-state index in [1.54, 1.807) is 18.3 Å². The molecule has 1 unspecified atom stereocenters. The van der Waals surface area contributed by atoms with Crippen LogP contribution in [0, 0.1) is 0 Å². The van der Waals surface area contributed by atoms with Crippen molar-refractivity contribution in [1.82, 2.24) is 9.29 Å². The topological polar surface area (TPSA) is 79.4 Å². The number of carbonyl (C=O) groups is 1. The second-order valence-corrected chi connectivity index (χ2v) is 6.86. The van der Waals surface area contributed by atoms with Crippen LogP contribution in [0.2, 0.25) is 0 Å². The van der Waals surface area contributed by atoms with Gasteiger partial charge >= 0.3 is 0 Å². The summed E-state index contributed by atoms with van der Waals surface area (Å²) in [5, 5.41) is 2.72. The van der Waals surface area contributed by atoms with Crippen molar-refractivity contribution in [3.8, 4) is 0 Å². The minimum absolute atomic E-state index is 0.0870. The highest BCUT2D eigenvalue weighted by atomic mass is 32.2. The quantitative estimate of drug-likeness (QED) is 0.886. The Hall–Kier alpha value is -1.47. The lowest BCUT2D eigenvalue weighted by atomic mass is 10.2. The zero-order valence-corrected chi connectivity index (χ0v) is 12.3. The molecule has 0 bridgehead atoms. The van der Waals surface area contributed by atoms with Gasteiger partial charge in [-0.05, 0) is 31.4 Å². The van der Waals surface area contributed by atoms with Gasteiger partial charge in [-0.1, -0.05) is 6.92 Å². The molecule has 1 aromatic heterocycles. The normalized spacial score (nSPS) is 19.9. The fourth-order valence-electron chi connectivity index (χ4n) is 2.37. The standard InChI is InChI=1S/C13H19N3O3S/c1-2-9-20(18,19)16-8-4-6-12(16)13(17)15-11-5-3-7-14-10-11/h3,5,7,10,12H,2,4,6,8-9H2,1H3,(H,15,17). The maximum atomic E-state index is 12.2. The number of aromatic nitrogens is 1. The highest BCUT2D eigenvalue weighted by Gasteiger charge is 2.37. The summed E-state index contributed by atoms with van der Waals surface area (Å²) < 4.78 is 25.6. The van der Waals surface area contributed by atoms with Gasteiger partial charge in [0.15, 0.2) is 0 Å². The first kappa shape index (κ1) is 14.9. The molecule has 1 fully saturated rings. The molecule has 0 aromatic carbocycles. The van der Waals surface area contributed by atoms with Crippen LogP contribution in [0.25, 0.3) is 0 Å². The molecule has 7 heteroatoms. The molecule has 110 valence electrons. The van der Waals surface area contributed by atoms with Crippen molar-refractivity contribution in [3.63, 3.8) is 0 Å². The Morgan fingerprint density at radius 3 is 3.00 bits per heavy atom. The van der Waals surface area contributed by atoms with Crippen LogP contribution in [0.3, 0.4) is 0 Å². The Labute approximate surface area is 119 Å². The van der Waals surface area contributed by atoms with Gasteiger partial charge in [0, 0.05) is 12.7 Å². The van der Waals surface area contributed by atoms with E-state index >= 15 is 0 Å². The summed E-state index contributed by atoms with van der Waals surface area (Å²) in [4.78, 5) is 16.1. The molecule has 2 rings (SSSR count). The van der Waals surface area contributed by atoms with E-state index in [0.717, 1.165) is 0 Å². The van der Waals surface area contributed by atoms with E-state index in [2.05, 4.69) is 10.3 Å². The molecule has 6 nitrogen and oxygen atoms in total. The molecule has 1 atom stereocenters. The smallest absolute Gasteiger partial charge is 0.242 e. The Bertz CT molecular complexity index is 559. The maximum absolute atomic E-state index is 12.2. The minimum Gasteiger partial charge on any atom is -0.323 e. The number of hydrogen-bond donors (Lipinski definition) is 1. The van der Waals surface area contributed by atoms with Crippen molar-refractivity contribution in [2.75, 3.05) is 17.6 Å². The van der Waals surface area contributed by atoms with Crippen molar-refractivity contribution >= 4 is 21.6 Å². The first-order chi connectivity index (χ1) is 9.54. The third kappa shape index (κ3) is 3.34. The van der Waals surface area contributed by atoms with E-state index in [1.165, 1.54) is 10.5 Å². The average molecular weight is 297 g/mol. The van der Waals surface area contributed by atoms with Crippen molar-refractivity contribution in [1.29, 1.82) is 0 Å². The average Bonchev–Trinajstić information content (AvgIpc) is 2.90. The number of hydrogen-bond acceptors (Lipinski definition) is 4. The van der Waals surface area contributed by atoms with Gasteiger partial charge in [0.25, 0.3) is 0 Å².